The molecule has 0 spiro atoms. The minimum atomic E-state index is 0.565. The van der Waals surface area contributed by atoms with Crippen LogP contribution in [-0.2, 0) is 6.54 Å². The fraction of sp³-hybridized carbons (Fsp3) is 0.200. The number of rotatable bonds is 5. The second-order valence-corrected chi connectivity index (χ2v) is 6.53. The number of aryl methyl sites for hydroxylation is 2. The molecule has 0 radical (unpaired) electrons. The van der Waals surface area contributed by atoms with E-state index in [1.165, 1.54) is 5.56 Å². The lowest BCUT2D eigenvalue weighted by Crippen LogP contribution is -2.18. The molecule has 0 saturated heterocycles. The van der Waals surface area contributed by atoms with E-state index in [1.54, 1.807) is 0 Å². The number of nitrogens with zero attached hydrogens (tertiary/aromatic N) is 3. The molecule has 128 valence electrons. The van der Waals surface area contributed by atoms with Gasteiger partial charge >= 0.3 is 0 Å². The predicted octanol–water partition coefficient (Wildman–Crippen LogP) is 5.13. The lowest BCUT2D eigenvalue weighted by molar-refractivity contribution is 0.888. The first-order chi connectivity index (χ1) is 12.0. The van der Waals surface area contributed by atoms with Gasteiger partial charge in [0.1, 0.15) is 5.82 Å². The van der Waals surface area contributed by atoms with Gasteiger partial charge in [0.2, 0.25) is 5.95 Å². The van der Waals surface area contributed by atoms with Crippen molar-refractivity contribution in [2.24, 2.45) is 0 Å². The van der Waals surface area contributed by atoms with E-state index >= 15 is 0 Å². The molecule has 1 heterocycles. The van der Waals surface area contributed by atoms with E-state index in [0.29, 0.717) is 5.95 Å². The Bertz CT molecular complexity index is 865. The van der Waals surface area contributed by atoms with Crippen LogP contribution in [0.25, 0.3) is 0 Å². The van der Waals surface area contributed by atoms with Crippen molar-refractivity contribution < 1.29 is 0 Å². The number of halogens is 1. The number of benzene rings is 2. The second kappa shape index (κ2) is 7.53. The van der Waals surface area contributed by atoms with E-state index < -0.39 is 0 Å². The summed E-state index contributed by atoms with van der Waals surface area (Å²) in [5, 5.41) is 3.96. The Labute approximate surface area is 153 Å². The molecule has 0 atom stereocenters. The van der Waals surface area contributed by atoms with E-state index in [4.69, 9.17) is 11.6 Å². The normalized spacial score (nSPS) is 10.6. The van der Waals surface area contributed by atoms with E-state index in [-0.39, 0.29) is 0 Å². The quantitative estimate of drug-likeness (QED) is 0.691. The monoisotopic (exact) mass is 352 g/mol. The highest BCUT2D eigenvalue weighted by Crippen LogP contribution is 2.23. The highest BCUT2D eigenvalue weighted by Gasteiger charge is 2.08. The molecule has 5 heteroatoms. The lowest BCUT2D eigenvalue weighted by atomic mass is 10.2. The molecule has 0 fully saturated rings. The number of nitrogens with one attached hydrogen (secondary N) is 1. The number of hydrogen-bond acceptors (Lipinski definition) is 4. The molecule has 0 aliphatic carbocycles. The van der Waals surface area contributed by atoms with Crippen molar-refractivity contribution in [2.45, 2.75) is 20.4 Å². The van der Waals surface area contributed by atoms with Crippen molar-refractivity contribution in [2.75, 3.05) is 17.3 Å². The molecule has 25 heavy (non-hydrogen) atoms. The third-order valence-electron chi connectivity index (χ3n) is 3.92. The van der Waals surface area contributed by atoms with Gasteiger partial charge in [-0.25, -0.2) is 4.98 Å². The largest absolute Gasteiger partial charge is 0.355 e. The summed E-state index contributed by atoms with van der Waals surface area (Å²) in [5.41, 5.74) is 4.06. The summed E-state index contributed by atoms with van der Waals surface area (Å²) < 4.78 is 0. The molecule has 3 aromatic rings. The molecule has 0 unspecified atom stereocenters. The van der Waals surface area contributed by atoms with Crippen LogP contribution >= 0.6 is 11.6 Å². The van der Waals surface area contributed by atoms with Gasteiger partial charge in [0, 0.05) is 36.1 Å². The predicted molar refractivity (Wildman–Crippen MR) is 105 cm³/mol. The first kappa shape index (κ1) is 17.2. The zero-order valence-corrected chi connectivity index (χ0v) is 15.4. The fourth-order valence-corrected chi connectivity index (χ4v) is 2.72. The van der Waals surface area contributed by atoms with Gasteiger partial charge in [-0.1, -0.05) is 48.0 Å². The summed E-state index contributed by atoms with van der Waals surface area (Å²) >= 11 is 6.19. The minimum Gasteiger partial charge on any atom is -0.355 e. The topological polar surface area (TPSA) is 41.1 Å². The molecule has 1 aromatic heterocycles. The molecule has 0 saturated carbocycles. The average molecular weight is 353 g/mol. The van der Waals surface area contributed by atoms with Crippen LogP contribution in [0.3, 0.4) is 0 Å². The van der Waals surface area contributed by atoms with Gasteiger partial charge in [0.05, 0.1) is 0 Å². The van der Waals surface area contributed by atoms with E-state index in [1.807, 2.05) is 63.4 Å². The van der Waals surface area contributed by atoms with E-state index in [2.05, 4.69) is 32.3 Å². The molecule has 2 aromatic carbocycles. The number of anilines is 3. The number of aromatic nitrogens is 2. The van der Waals surface area contributed by atoms with Crippen molar-refractivity contribution in [3.05, 3.63) is 76.4 Å². The SMILES string of the molecule is Cc1cc(N(C)Cc2ccccc2)nc(Nc2ccc(C)c(Cl)c2)n1. The van der Waals surface area contributed by atoms with Crippen LogP contribution in [0.4, 0.5) is 17.5 Å². The van der Waals surface area contributed by atoms with Crippen molar-refractivity contribution in [1.29, 1.82) is 0 Å². The Morgan fingerprint density at radius 3 is 2.48 bits per heavy atom. The first-order valence-electron chi connectivity index (χ1n) is 8.15. The van der Waals surface area contributed by atoms with Crippen LogP contribution < -0.4 is 10.2 Å². The van der Waals surface area contributed by atoms with E-state index in [0.717, 1.165) is 34.3 Å². The maximum Gasteiger partial charge on any atom is 0.229 e. The molecule has 3 rings (SSSR count). The molecule has 0 aliphatic heterocycles. The van der Waals surface area contributed by atoms with Gasteiger partial charge < -0.3 is 10.2 Å². The molecule has 0 aliphatic rings. The highest BCUT2D eigenvalue weighted by atomic mass is 35.5. The Hall–Kier alpha value is -2.59. The standard InChI is InChI=1S/C20H21ClN4/c1-14-9-10-17(12-18(14)21)23-20-22-15(2)11-19(24-20)25(3)13-16-7-5-4-6-8-16/h4-12H,13H2,1-3H3,(H,22,23,24). The van der Waals surface area contributed by atoms with Gasteiger partial charge in [-0.2, -0.15) is 4.98 Å². The lowest BCUT2D eigenvalue weighted by Gasteiger charge is -2.19. The molecule has 0 amide bonds. The summed E-state index contributed by atoms with van der Waals surface area (Å²) in [4.78, 5) is 11.2. The second-order valence-electron chi connectivity index (χ2n) is 6.12. The van der Waals surface area contributed by atoms with Crippen LogP contribution in [0.15, 0.2) is 54.6 Å². The van der Waals surface area contributed by atoms with Crippen LogP contribution in [0, 0.1) is 13.8 Å². The molecular weight excluding hydrogens is 332 g/mol. The summed E-state index contributed by atoms with van der Waals surface area (Å²) in [6.07, 6.45) is 0. The van der Waals surface area contributed by atoms with Crippen molar-refractivity contribution in [3.8, 4) is 0 Å². The zero-order valence-electron chi connectivity index (χ0n) is 14.6. The first-order valence-corrected chi connectivity index (χ1v) is 8.53. The Morgan fingerprint density at radius 1 is 1.00 bits per heavy atom. The average Bonchev–Trinajstić information content (AvgIpc) is 2.58. The third-order valence-corrected chi connectivity index (χ3v) is 4.33. The molecule has 4 nitrogen and oxygen atoms in total. The summed E-state index contributed by atoms with van der Waals surface area (Å²) in [6.45, 7) is 4.73. The highest BCUT2D eigenvalue weighted by molar-refractivity contribution is 6.31. The van der Waals surface area contributed by atoms with Gasteiger partial charge in [-0.3, -0.25) is 0 Å². The smallest absolute Gasteiger partial charge is 0.229 e. The van der Waals surface area contributed by atoms with Gasteiger partial charge in [-0.05, 0) is 37.1 Å². The number of hydrogen-bond donors (Lipinski definition) is 1. The van der Waals surface area contributed by atoms with Crippen molar-refractivity contribution in [3.63, 3.8) is 0 Å². The minimum absolute atomic E-state index is 0.565. The van der Waals surface area contributed by atoms with Crippen molar-refractivity contribution >= 4 is 29.1 Å². The Kier molecular flexibility index (Phi) is 5.19. The van der Waals surface area contributed by atoms with Crippen LogP contribution in [0.1, 0.15) is 16.8 Å². The maximum atomic E-state index is 6.19. The molecule has 1 N–H and O–H groups in total. The van der Waals surface area contributed by atoms with Gasteiger partial charge in [-0.15, -0.1) is 0 Å². The Morgan fingerprint density at radius 2 is 1.76 bits per heavy atom. The van der Waals surface area contributed by atoms with Crippen molar-refractivity contribution in [1.82, 2.24) is 9.97 Å². The van der Waals surface area contributed by atoms with Gasteiger partial charge in [0.25, 0.3) is 0 Å². The molecule has 0 bridgehead atoms. The van der Waals surface area contributed by atoms with Crippen LogP contribution in [0.5, 0.6) is 0 Å². The fourth-order valence-electron chi connectivity index (χ4n) is 2.54. The summed E-state index contributed by atoms with van der Waals surface area (Å²) in [5.74, 6) is 1.44. The van der Waals surface area contributed by atoms with Gasteiger partial charge in [0.15, 0.2) is 0 Å². The van der Waals surface area contributed by atoms with Crippen LogP contribution in [0.2, 0.25) is 5.02 Å². The molecular formula is C20H21ClN4. The van der Waals surface area contributed by atoms with Crippen LogP contribution in [-0.4, -0.2) is 17.0 Å². The van der Waals surface area contributed by atoms with E-state index in [9.17, 15) is 0 Å². The maximum absolute atomic E-state index is 6.19. The Balaban J connectivity index is 1.81. The summed E-state index contributed by atoms with van der Waals surface area (Å²) in [6, 6.07) is 18.1. The zero-order chi connectivity index (χ0) is 17.8. The summed E-state index contributed by atoms with van der Waals surface area (Å²) in [7, 11) is 2.03. The third kappa shape index (κ3) is 4.48.